The quantitative estimate of drug-likeness (QED) is 0.806. The van der Waals surface area contributed by atoms with Crippen LogP contribution in [0.2, 0.25) is 0 Å². The fourth-order valence-corrected chi connectivity index (χ4v) is 4.23. The van der Waals surface area contributed by atoms with Crippen molar-refractivity contribution in [1.82, 2.24) is 10.2 Å². The molecule has 1 saturated heterocycles. The van der Waals surface area contributed by atoms with E-state index in [1.54, 1.807) is 0 Å². The summed E-state index contributed by atoms with van der Waals surface area (Å²) in [7, 11) is 0. The normalized spacial score (nSPS) is 24.6. The molecule has 4 nitrogen and oxygen atoms in total. The second-order valence-corrected chi connectivity index (χ2v) is 7.82. The van der Waals surface area contributed by atoms with E-state index in [0.29, 0.717) is 12.0 Å². The van der Waals surface area contributed by atoms with E-state index in [1.807, 2.05) is 30.3 Å². The van der Waals surface area contributed by atoms with Crippen LogP contribution < -0.4 is 10.6 Å². The van der Waals surface area contributed by atoms with Crippen molar-refractivity contribution in [2.75, 3.05) is 18.4 Å². The van der Waals surface area contributed by atoms with Gasteiger partial charge in [-0.25, -0.2) is 0 Å². The van der Waals surface area contributed by atoms with Gasteiger partial charge in [0, 0.05) is 30.7 Å². The van der Waals surface area contributed by atoms with Crippen molar-refractivity contribution >= 4 is 28.9 Å². The van der Waals surface area contributed by atoms with Crippen molar-refractivity contribution in [3.05, 3.63) is 30.3 Å². The molecular formula is C20H29N3OS. The number of thiocarbonyl (C=S) groups is 1. The summed E-state index contributed by atoms with van der Waals surface area (Å²) in [6.07, 6.45) is 6.88. The Morgan fingerprint density at radius 2 is 1.76 bits per heavy atom. The van der Waals surface area contributed by atoms with E-state index in [-0.39, 0.29) is 11.8 Å². The Morgan fingerprint density at radius 3 is 2.44 bits per heavy atom. The van der Waals surface area contributed by atoms with E-state index in [0.717, 1.165) is 36.7 Å². The number of carbonyl (C=O) groups excluding carboxylic acids is 1. The molecule has 1 aliphatic carbocycles. The topological polar surface area (TPSA) is 44.4 Å². The molecule has 2 fully saturated rings. The summed E-state index contributed by atoms with van der Waals surface area (Å²) < 4.78 is 0. The highest BCUT2D eigenvalue weighted by molar-refractivity contribution is 7.80. The van der Waals surface area contributed by atoms with Gasteiger partial charge in [0.25, 0.3) is 0 Å². The van der Waals surface area contributed by atoms with Gasteiger partial charge in [-0.3, -0.25) is 4.79 Å². The molecule has 1 amide bonds. The fourth-order valence-electron chi connectivity index (χ4n) is 3.89. The largest absolute Gasteiger partial charge is 0.360 e. The number of benzene rings is 1. The monoisotopic (exact) mass is 359 g/mol. The van der Waals surface area contributed by atoms with Gasteiger partial charge in [-0.15, -0.1) is 0 Å². The molecule has 0 bridgehead atoms. The summed E-state index contributed by atoms with van der Waals surface area (Å²) in [6, 6.07) is 10.2. The number of nitrogens with one attached hydrogen (secondary N) is 2. The summed E-state index contributed by atoms with van der Waals surface area (Å²) in [4.78, 5) is 14.7. The maximum Gasteiger partial charge on any atom is 0.227 e. The van der Waals surface area contributed by atoms with Crippen LogP contribution in [-0.2, 0) is 4.79 Å². The number of amides is 1. The van der Waals surface area contributed by atoms with Gasteiger partial charge in [-0.05, 0) is 56.0 Å². The molecule has 136 valence electrons. The van der Waals surface area contributed by atoms with Gasteiger partial charge >= 0.3 is 0 Å². The molecule has 1 heterocycles. The van der Waals surface area contributed by atoms with Gasteiger partial charge in [0.2, 0.25) is 5.91 Å². The lowest BCUT2D eigenvalue weighted by atomic mass is 9.86. The minimum absolute atomic E-state index is 0.0767. The van der Waals surface area contributed by atoms with Crippen LogP contribution in [0.5, 0.6) is 0 Å². The Balaban J connectivity index is 1.44. The average Bonchev–Trinajstić information content (AvgIpc) is 2.64. The molecule has 2 aliphatic rings. The number of rotatable bonds is 3. The molecular weight excluding hydrogens is 330 g/mol. The standard InChI is InChI=1S/C20H29N3OS/c1-15-7-5-6-10-18(15)22-20(25)23-13-11-16(12-14-23)19(24)21-17-8-3-2-4-9-17/h2-4,8-9,15-16,18H,5-7,10-14H2,1H3,(H,21,24)(H,22,25)/t15-,18-/m0/s1. The van der Waals surface area contributed by atoms with Crippen LogP contribution in [-0.4, -0.2) is 35.1 Å². The molecule has 5 heteroatoms. The van der Waals surface area contributed by atoms with Crippen LogP contribution in [0.1, 0.15) is 45.4 Å². The Morgan fingerprint density at radius 1 is 1.08 bits per heavy atom. The first-order chi connectivity index (χ1) is 12.1. The number of nitrogens with zero attached hydrogens (tertiary/aromatic N) is 1. The van der Waals surface area contributed by atoms with Gasteiger partial charge in [-0.2, -0.15) is 0 Å². The number of hydrogen-bond acceptors (Lipinski definition) is 2. The molecule has 1 aromatic carbocycles. The molecule has 0 radical (unpaired) electrons. The highest BCUT2D eigenvalue weighted by atomic mass is 32.1. The van der Waals surface area contributed by atoms with Crippen LogP contribution >= 0.6 is 12.2 Å². The first-order valence-corrected chi connectivity index (χ1v) is 9.95. The number of anilines is 1. The smallest absolute Gasteiger partial charge is 0.227 e. The second-order valence-electron chi connectivity index (χ2n) is 7.43. The molecule has 1 saturated carbocycles. The van der Waals surface area contributed by atoms with E-state index in [4.69, 9.17) is 12.2 Å². The van der Waals surface area contributed by atoms with Crippen LogP contribution in [0.25, 0.3) is 0 Å². The highest BCUT2D eigenvalue weighted by Gasteiger charge is 2.28. The summed E-state index contributed by atoms with van der Waals surface area (Å²) in [5, 5.41) is 7.48. The molecule has 3 rings (SSSR count). The van der Waals surface area contributed by atoms with Crippen molar-refractivity contribution in [2.24, 2.45) is 11.8 Å². The lowest BCUT2D eigenvalue weighted by Crippen LogP contribution is -2.50. The van der Waals surface area contributed by atoms with Crippen molar-refractivity contribution in [3.8, 4) is 0 Å². The summed E-state index contributed by atoms with van der Waals surface area (Å²) in [5.74, 6) is 0.902. The number of piperidine rings is 1. The van der Waals surface area contributed by atoms with Crippen molar-refractivity contribution in [1.29, 1.82) is 0 Å². The maximum atomic E-state index is 12.4. The third-order valence-electron chi connectivity index (χ3n) is 5.61. The molecule has 0 spiro atoms. The van der Waals surface area contributed by atoms with Crippen LogP contribution in [0.15, 0.2) is 30.3 Å². The number of para-hydroxylation sites is 1. The zero-order valence-corrected chi connectivity index (χ0v) is 15.9. The number of likely N-dealkylation sites (tertiary alicyclic amines) is 1. The molecule has 1 aromatic rings. The molecule has 25 heavy (non-hydrogen) atoms. The third kappa shape index (κ3) is 4.94. The summed E-state index contributed by atoms with van der Waals surface area (Å²) in [5.41, 5.74) is 0.874. The maximum absolute atomic E-state index is 12.4. The van der Waals surface area contributed by atoms with Crippen molar-refractivity contribution < 1.29 is 4.79 Å². The van der Waals surface area contributed by atoms with Crippen LogP contribution in [0.4, 0.5) is 5.69 Å². The minimum Gasteiger partial charge on any atom is -0.360 e. The lowest BCUT2D eigenvalue weighted by Gasteiger charge is -2.37. The van der Waals surface area contributed by atoms with Gasteiger partial charge < -0.3 is 15.5 Å². The fraction of sp³-hybridized carbons (Fsp3) is 0.600. The zero-order valence-electron chi connectivity index (χ0n) is 15.0. The van der Waals surface area contributed by atoms with Crippen LogP contribution in [0, 0.1) is 11.8 Å². The predicted octanol–water partition coefficient (Wildman–Crippen LogP) is 3.79. The van der Waals surface area contributed by atoms with Crippen molar-refractivity contribution in [3.63, 3.8) is 0 Å². The third-order valence-corrected chi connectivity index (χ3v) is 5.99. The van der Waals surface area contributed by atoms with E-state index < -0.39 is 0 Å². The lowest BCUT2D eigenvalue weighted by molar-refractivity contribution is -0.121. The molecule has 0 aromatic heterocycles. The molecule has 2 atom stereocenters. The van der Waals surface area contributed by atoms with Gasteiger partial charge in [0.05, 0.1) is 0 Å². The molecule has 2 N–H and O–H groups in total. The minimum atomic E-state index is 0.0767. The predicted molar refractivity (Wildman–Crippen MR) is 107 cm³/mol. The van der Waals surface area contributed by atoms with E-state index in [1.165, 1.54) is 25.7 Å². The molecule has 1 aliphatic heterocycles. The SMILES string of the molecule is C[C@H]1CCCC[C@@H]1NC(=S)N1CCC(C(=O)Nc2ccccc2)CC1. The van der Waals surface area contributed by atoms with Gasteiger partial charge in [-0.1, -0.05) is 38.0 Å². The van der Waals surface area contributed by atoms with Crippen LogP contribution in [0.3, 0.4) is 0 Å². The Kier molecular flexibility index (Phi) is 6.29. The Hall–Kier alpha value is -1.62. The first-order valence-electron chi connectivity index (χ1n) is 9.55. The Bertz CT molecular complexity index is 584. The highest BCUT2D eigenvalue weighted by Crippen LogP contribution is 2.25. The Labute approximate surface area is 156 Å². The second kappa shape index (κ2) is 8.65. The number of hydrogen-bond donors (Lipinski definition) is 2. The summed E-state index contributed by atoms with van der Waals surface area (Å²) >= 11 is 5.63. The van der Waals surface area contributed by atoms with Crippen molar-refractivity contribution in [2.45, 2.75) is 51.5 Å². The zero-order chi connectivity index (χ0) is 17.6. The number of carbonyl (C=O) groups is 1. The van der Waals surface area contributed by atoms with Gasteiger partial charge in [0.15, 0.2) is 5.11 Å². The average molecular weight is 360 g/mol. The van der Waals surface area contributed by atoms with Gasteiger partial charge in [0.1, 0.15) is 0 Å². The van der Waals surface area contributed by atoms with E-state index in [2.05, 4.69) is 22.5 Å². The first kappa shape index (κ1) is 18.2. The van der Waals surface area contributed by atoms with E-state index in [9.17, 15) is 4.79 Å². The molecule has 0 unspecified atom stereocenters. The van der Waals surface area contributed by atoms with E-state index >= 15 is 0 Å². The summed E-state index contributed by atoms with van der Waals surface area (Å²) in [6.45, 7) is 4.04.